The first-order chi connectivity index (χ1) is 10.4. The topological polar surface area (TPSA) is 27.1 Å². The zero-order valence-electron chi connectivity index (χ0n) is 11.7. The van der Waals surface area contributed by atoms with E-state index in [0.717, 1.165) is 33.1 Å². The molecule has 4 aromatic rings. The van der Waals surface area contributed by atoms with Crippen molar-refractivity contribution in [3.63, 3.8) is 0 Å². The lowest BCUT2D eigenvalue weighted by molar-refractivity contribution is 0.420. The molecule has 0 aliphatic heterocycles. The van der Waals surface area contributed by atoms with Crippen LogP contribution in [0.25, 0.3) is 27.4 Å². The number of hydrogen-bond donors (Lipinski definition) is 0. The average molecular weight is 274 g/mol. The normalized spacial score (nSPS) is 11.1. The molecule has 102 valence electrons. The standard InChI is InChI=1S/C18H14N2O/c1-21-17-11-13-12-19-20(14-7-3-2-4-8-14)18(13)16-10-6-5-9-15(16)17/h2-12H,1H3. The molecular formula is C18H14N2O. The van der Waals surface area contributed by atoms with E-state index < -0.39 is 0 Å². The second-order valence-corrected chi connectivity index (χ2v) is 4.95. The summed E-state index contributed by atoms with van der Waals surface area (Å²) in [6.07, 6.45) is 1.89. The summed E-state index contributed by atoms with van der Waals surface area (Å²) in [5, 5.41) is 7.88. The first kappa shape index (κ1) is 12.0. The quantitative estimate of drug-likeness (QED) is 0.548. The van der Waals surface area contributed by atoms with Crippen molar-refractivity contribution in [2.45, 2.75) is 0 Å². The fourth-order valence-corrected chi connectivity index (χ4v) is 2.79. The Hall–Kier alpha value is -2.81. The van der Waals surface area contributed by atoms with E-state index in [1.54, 1.807) is 7.11 Å². The molecule has 0 unspecified atom stereocenters. The molecule has 4 rings (SSSR count). The van der Waals surface area contributed by atoms with Crippen molar-refractivity contribution < 1.29 is 4.74 Å². The van der Waals surface area contributed by atoms with Gasteiger partial charge in [0, 0.05) is 16.2 Å². The molecule has 21 heavy (non-hydrogen) atoms. The second-order valence-electron chi connectivity index (χ2n) is 4.95. The summed E-state index contributed by atoms with van der Waals surface area (Å²) < 4.78 is 7.50. The highest BCUT2D eigenvalue weighted by molar-refractivity contribution is 6.09. The van der Waals surface area contributed by atoms with Crippen molar-refractivity contribution in [1.82, 2.24) is 9.78 Å². The van der Waals surface area contributed by atoms with Gasteiger partial charge in [0.1, 0.15) is 5.75 Å². The lowest BCUT2D eigenvalue weighted by Crippen LogP contribution is -1.96. The Kier molecular flexibility index (Phi) is 2.64. The SMILES string of the molecule is COc1cc2cnn(-c3ccccc3)c2c2ccccc12. The monoisotopic (exact) mass is 274 g/mol. The first-order valence-electron chi connectivity index (χ1n) is 6.87. The molecule has 0 aliphatic rings. The number of fused-ring (bicyclic) bond motifs is 3. The van der Waals surface area contributed by atoms with Gasteiger partial charge in [0.25, 0.3) is 0 Å². The van der Waals surface area contributed by atoms with Crippen LogP contribution < -0.4 is 4.74 Å². The summed E-state index contributed by atoms with van der Waals surface area (Å²) in [6.45, 7) is 0. The number of hydrogen-bond acceptors (Lipinski definition) is 2. The summed E-state index contributed by atoms with van der Waals surface area (Å²) in [5.74, 6) is 0.880. The van der Waals surface area contributed by atoms with Crippen LogP contribution in [-0.2, 0) is 0 Å². The van der Waals surface area contributed by atoms with Crippen molar-refractivity contribution >= 4 is 21.7 Å². The van der Waals surface area contributed by atoms with Crippen LogP contribution in [0.4, 0.5) is 0 Å². The van der Waals surface area contributed by atoms with Gasteiger partial charge in [-0.3, -0.25) is 0 Å². The van der Waals surface area contributed by atoms with Crippen LogP contribution in [0.5, 0.6) is 5.75 Å². The van der Waals surface area contributed by atoms with Gasteiger partial charge in [-0.2, -0.15) is 5.10 Å². The summed E-state index contributed by atoms with van der Waals surface area (Å²) in [5.41, 5.74) is 2.17. The first-order valence-corrected chi connectivity index (χ1v) is 6.87. The molecule has 0 amide bonds. The van der Waals surface area contributed by atoms with E-state index in [4.69, 9.17) is 4.74 Å². The number of aromatic nitrogens is 2. The Morgan fingerprint density at radius 3 is 2.38 bits per heavy atom. The Bertz CT molecular complexity index is 926. The van der Waals surface area contributed by atoms with Gasteiger partial charge < -0.3 is 4.74 Å². The molecule has 0 saturated carbocycles. The molecule has 1 heterocycles. The van der Waals surface area contributed by atoms with E-state index in [9.17, 15) is 0 Å². The second kappa shape index (κ2) is 4.63. The molecule has 0 aliphatic carbocycles. The van der Waals surface area contributed by atoms with Crippen LogP contribution in [0, 0.1) is 0 Å². The Morgan fingerprint density at radius 2 is 1.62 bits per heavy atom. The fraction of sp³-hybridized carbons (Fsp3) is 0.0556. The number of ether oxygens (including phenoxy) is 1. The maximum atomic E-state index is 5.51. The molecule has 3 heteroatoms. The minimum absolute atomic E-state index is 0.880. The summed E-state index contributed by atoms with van der Waals surface area (Å²) >= 11 is 0. The van der Waals surface area contributed by atoms with Crippen molar-refractivity contribution in [3.8, 4) is 11.4 Å². The molecule has 1 aromatic heterocycles. The highest BCUT2D eigenvalue weighted by atomic mass is 16.5. The number of para-hydroxylation sites is 1. The molecule has 0 bridgehead atoms. The van der Waals surface area contributed by atoms with Crippen molar-refractivity contribution in [2.24, 2.45) is 0 Å². The van der Waals surface area contributed by atoms with Crippen molar-refractivity contribution in [1.29, 1.82) is 0 Å². The highest BCUT2D eigenvalue weighted by Crippen LogP contribution is 2.34. The minimum atomic E-state index is 0.880. The van der Waals surface area contributed by atoms with E-state index in [1.165, 1.54) is 0 Å². The van der Waals surface area contributed by atoms with E-state index in [2.05, 4.69) is 29.4 Å². The van der Waals surface area contributed by atoms with E-state index in [-0.39, 0.29) is 0 Å². The zero-order valence-corrected chi connectivity index (χ0v) is 11.7. The van der Waals surface area contributed by atoms with E-state index in [0.29, 0.717) is 0 Å². The van der Waals surface area contributed by atoms with Gasteiger partial charge in [-0.1, -0.05) is 42.5 Å². The summed E-state index contributed by atoms with van der Waals surface area (Å²) in [6, 6.07) is 20.5. The maximum absolute atomic E-state index is 5.51. The molecule has 0 radical (unpaired) electrons. The number of rotatable bonds is 2. The summed E-state index contributed by atoms with van der Waals surface area (Å²) in [4.78, 5) is 0. The van der Waals surface area contributed by atoms with E-state index in [1.807, 2.05) is 47.3 Å². The van der Waals surface area contributed by atoms with Gasteiger partial charge in [-0.25, -0.2) is 4.68 Å². The maximum Gasteiger partial charge on any atom is 0.127 e. The average Bonchev–Trinajstić information content (AvgIpc) is 2.99. The lowest BCUT2D eigenvalue weighted by Gasteiger charge is -2.09. The Morgan fingerprint density at radius 1 is 0.905 bits per heavy atom. The van der Waals surface area contributed by atoms with E-state index >= 15 is 0 Å². The van der Waals surface area contributed by atoms with Crippen LogP contribution in [0.15, 0.2) is 66.9 Å². The van der Waals surface area contributed by atoms with Crippen LogP contribution in [-0.4, -0.2) is 16.9 Å². The van der Waals surface area contributed by atoms with Crippen LogP contribution >= 0.6 is 0 Å². The van der Waals surface area contributed by atoms with Gasteiger partial charge >= 0.3 is 0 Å². The molecule has 0 atom stereocenters. The third-order valence-corrected chi connectivity index (χ3v) is 3.75. The molecule has 0 saturated heterocycles. The third kappa shape index (κ3) is 1.78. The predicted molar refractivity (Wildman–Crippen MR) is 85.1 cm³/mol. The summed E-state index contributed by atoms with van der Waals surface area (Å²) in [7, 11) is 1.70. The fourth-order valence-electron chi connectivity index (χ4n) is 2.79. The van der Waals surface area contributed by atoms with Crippen molar-refractivity contribution in [3.05, 3.63) is 66.9 Å². The van der Waals surface area contributed by atoms with Gasteiger partial charge in [0.05, 0.1) is 24.5 Å². The van der Waals surface area contributed by atoms with Crippen LogP contribution in [0.3, 0.4) is 0 Å². The lowest BCUT2D eigenvalue weighted by atomic mass is 10.1. The number of nitrogens with zero attached hydrogens (tertiary/aromatic N) is 2. The highest BCUT2D eigenvalue weighted by Gasteiger charge is 2.12. The predicted octanol–water partition coefficient (Wildman–Crippen LogP) is 4.19. The van der Waals surface area contributed by atoms with Crippen LogP contribution in [0.1, 0.15) is 0 Å². The molecule has 0 N–H and O–H groups in total. The molecular weight excluding hydrogens is 260 g/mol. The van der Waals surface area contributed by atoms with Gasteiger partial charge in [0.2, 0.25) is 0 Å². The number of benzene rings is 3. The molecule has 3 nitrogen and oxygen atoms in total. The van der Waals surface area contributed by atoms with Gasteiger partial charge in [-0.05, 0) is 18.2 Å². The largest absolute Gasteiger partial charge is 0.496 e. The molecule has 0 fully saturated rings. The zero-order chi connectivity index (χ0) is 14.2. The Labute approximate surface area is 122 Å². The third-order valence-electron chi connectivity index (χ3n) is 3.75. The van der Waals surface area contributed by atoms with Gasteiger partial charge in [-0.15, -0.1) is 0 Å². The molecule has 3 aromatic carbocycles. The number of methoxy groups -OCH3 is 1. The minimum Gasteiger partial charge on any atom is -0.496 e. The van der Waals surface area contributed by atoms with Gasteiger partial charge in [0.15, 0.2) is 0 Å². The van der Waals surface area contributed by atoms with Crippen molar-refractivity contribution in [2.75, 3.05) is 7.11 Å². The molecule has 0 spiro atoms. The van der Waals surface area contributed by atoms with Crippen LogP contribution in [0.2, 0.25) is 0 Å². The smallest absolute Gasteiger partial charge is 0.127 e. The Balaban J connectivity index is 2.15.